The lowest BCUT2D eigenvalue weighted by Gasteiger charge is -2.07. The summed E-state index contributed by atoms with van der Waals surface area (Å²) in [4.78, 5) is 0. The largest absolute Gasteiger partial charge is 0.504 e. The number of hydrogen-bond acceptors (Lipinski definition) is 3. The molecule has 0 unspecified atom stereocenters. The van der Waals surface area contributed by atoms with Crippen LogP contribution in [0.5, 0.6) is 11.5 Å². The maximum atomic E-state index is 9.35. The van der Waals surface area contributed by atoms with Gasteiger partial charge in [-0.3, -0.25) is 0 Å². The highest BCUT2D eigenvalue weighted by atomic mass is 16.5. The molecule has 1 aromatic carbocycles. The fourth-order valence-corrected chi connectivity index (χ4v) is 0.985. The lowest BCUT2D eigenvalue weighted by atomic mass is 10.2. The first-order valence-corrected chi connectivity index (χ1v) is 4.33. The summed E-state index contributed by atoms with van der Waals surface area (Å²) in [6, 6.07) is 4.83. The number of phenols is 1. The van der Waals surface area contributed by atoms with Crippen molar-refractivity contribution in [1.29, 1.82) is 0 Å². The Bertz CT molecular complexity index is 271. The highest BCUT2D eigenvalue weighted by molar-refractivity contribution is 5.41. The van der Waals surface area contributed by atoms with Crippen LogP contribution in [0.1, 0.15) is 18.9 Å². The van der Waals surface area contributed by atoms with Gasteiger partial charge < -0.3 is 14.9 Å². The highest BCUT2D eigenvalue weighted by Gasteiger charge is 2.02. The van der Waals surface area contributed by atoms with Gasteiger partial charge in [-0.15, -0.1) is 0 Å². The van der Waals surface area contributed by atoms with Crippen molar-refractivity contribution in [3.8, 4) is 11.5 Å². The lowest BCUT2D eigenvalue weighted by Crippen LogP contribution is -1.96. The second kappa shape index (κ2) is 4.72. The fourth-order valence-electron chi connectivity index (χ4n) is 0.985. The Kier molecular flexibility index (Phi) is 3.58. The summed E-state index contributed by atoms with van der Waals surface area (Å²) in [5.74, 6) is 0.555. The molecule has 0 aliphatic rings. The monoisotopic (exact) mass is 182 g/mol. The van der Waals surface area contributed by atoms with Crippen LogP contribution >= 0.6 is 0 Å². The van der Waals surface area contributed by atoms with E-state index < -0.39 is 0 Å². The third kappa shape index (κ3) is 2.63. The molecule has 0 saturated carbocycles. The number of aliphatic hydroxyl groups is 1. The van der Waals surface area contributed by atoms with Gasteiger partial charge in [-0.25, -0.2) is 0 Å². The summed E-state index contributed by atoms with van der Waals surface area (Å²) in [6.07, 6.45) is 0.892. The molecule has 0 spiro atoms. The molecule has 1 aromatic rings. The van der Waals surface area contributed by atoms with Crippen LogP contribution in [0.4, 0.5) is 0 Å². The third-order valence-electron chi connectivity index (χ3n) is 1.67. The highest BCUT2D eigenvalue weighted by Crippen LogP contribution is 2.26. The molecule has 0 fully saturated rings. The molecule has 0 aliphatic carbocycles. The van der Waals surface area contributed by atoms with E-state index in [0.717, 1.165) is 12.0 Å². The molecule has 3 heteroatoms. The van der Waals surface area contributed by atoms with Gasteiger partial charge in [0.05, 0.1) is 13.2 Å². The molecule has 0 aromatic heterocycles. The van der Waals surface area contributed by atoms with Crippen LogP contribution in [0.2, 0.25) is 0 Å². The number of benzene rings is 1. The Hall–Kier alpha value is -1.22. The van der Waals surface area contributed by atoms with E-state index >= 15 is 0 Å². The molecule has 2 N–H and O–H groups in total. The smallest absolute Gasteiger partial charge is 0.161 e. The zero-order valence-corrected chi connectivity index (χ0v) is 7.66. The molecule has 0 atom stereocenters. The molecule has 0 amide bonds. The maximum Gasteiger partial charge on any atom is 0.161 e. The van der Waals surface area contributed by atoms with E-state index in [1.54, 1.807) is 12.1 Å². The zero-order chi connectivity index (χ0) is 9.68. The van der Waals surface area contributed by atoms with Gasteiger partial charge in [-0.05, 0) is 24.1 Å². The predicted octanol–water partition coefficient (Wildman–Crippen LogP) is 1.67. The number of hydrogen-bond donors (Lipinski definition) is 2. The topological polar surface area (TPSA) is 49.7 Å². The Morgan fingerprint density at radius 2 is 2.15 bits per heavy atom. The molecule has 72 valence electrons. The van der Waals surface area contributed by atoms with Crippen molar-refractivity contribution >= 4 is 0 Å². The molecule has 1 rings (SSSR count). The summed E-state index contributed by atoms with van der Waals surface area (Å²) in [6.45, 7) is 2.53. The fraction of sp³-hybridized carbons (Fsp3) is 0.400. The van der Waals surface area contributed by atoms with E-state index in [-0.39, 0.29) is 12.4 Å². The van der Waals surface area contributed by atoms with Gasteiger partial charge in [0.25, 0.3) is 0 Å². The van der Waals surface area contributed by atoms with Crippen LogP contribution in [-0.2, 0) is 6.61 Å². The van der Waals surface area contributed by atoms with E-state index in [0.29, 0.717) is 12.4 Å². The van der Waals surface area contributed by atoms with Gasteiger partial charge in [0.15, 0.2) is 11.5 Å². The number of aliphatic hydroxyl groups excluding tert-OH is 1. The van der Waals surface area contributed by atoms with Gasteiger partial charge >= 0.3 is 0 Å². The van der Waals surface area contributed by atoms with Crippen molar-refractivity contribution in [3.63, 3.8) is 0 Å². The first-order chi connectivity index (χ1) is 6.27. The molecule has 13 heavy (non-hydrogen) atoms. The summed E-state index contributed by atoms with van der Waals surface area (Å²) in [7, 11) is 0. The quantitative estimate of drug-likeness (QED) is 0.744. The molecule has 0 aliphatic heterocycles. The van der Waals surface area contributed by atoms with Crippen LogP contribution < -0.4 is 4.74 Å². The molecule has 0 bridgehead atoms. The SMILES string of the molecule is CCCOc1cc(CO)ccc1O. The first-order valence-electron chi connectivity index (χ1n) is 4.33. The van der Waals surface area contributed by atoms with Crippen molar-refractivity contribution in [1.82, 2.24) is 0 Å². The molecular formula is C10H14O3. The van der Waals surface area contributed by atoms with Crippen LogP contribution in [0.25, 0.3) is 0 Å². The Balaban J connectivity index is 2.78. The second-order valence-corrected chi connectivity index (χ2v) is 2.81. The zero-order valence-electron chi connectivity index (χ0n) is 7.66. The number of aromatic hydroxyl groups is 1. The average molecular weight is 182 g/mol. The van der Waals surface area contributed by atoms with E-state index in [1.807, 2.05) is 6.92 Å². The summed E-state index contributed by atoms with van der Waals surface area (Å²) in [5, 5.41) is 18.2. The summed E-state index contributed by atoms with van der Waals surface area (Å²) < 4.78 is 5.27. The van der Waals surface area contributed by atoms with Crippen LogP contribution in [0.3, 0.4) is 0 Å². The van der Waals surface area contributed by atoms with Crippen LogP contribution in [0.15, 0.2) is 18.2 Å². The molecule has 0 heterocycles. The van der Waals surface area contributed by atoms with E-state index in [9.17, 15) is 5.11 Å². The second-order valence-electron chi connectivity index (χ2n) is 2.81. The average Bonchev–Trinajstić information content (AvgIpc) is 2.17. The lowest BCUT2D eigenvalue weighted by molar-refractivity contribution is 0.276. The van der Waals surface area contributed by atoms with Gasteiger partial charge in [0.2, 0.25) is 0 Å². The first kappa shape index (κ1) is 9.86. The molecule has 0 radical (unpaired) electrons. The number of ether oxygens (including phenoxy) is 1. The minimum Gasteiger partial charge on any atom is -0.504 e. The summed E-state index contributed by atoms with van der Waals surface area (Å²) in [5.41, 5.74) is 0.740. The molecule has 0 saturated heterocycles. The van der Waals surface area contributed by atoms with Crippen molar-refractivity contribution < 1.29 is 14.9 Å². The Morgan fingerprint density at radius 3 is 2.77 bits per heavy atom. The third-order valence-corrected chi connectivity index (χ3v) is 1.67. The van der Waals surface area contributed by atoms with Crippen LogP contribution in [-0.4, -0.2) is 16.8 Å². The summed E-state index contributed by atoms with van der Waals surface area (Å²) >= 11 is 0. The Morgan fingerprint density at radius 1 is 1.38 bits per heavy atom. The van der Waals surface area contributed by atoms with Gasteiger partial charge in [-0.2, -0.15) is 0 Å². The van der Waals surface area contributed by atoms with Crippen molar-refractivity contribution in [2.24, 2.45) is 0 Å². The van der Waals surface area contributed by atoms with Crippen molar-refractivity contribution in [3.05, 3.63) is 23.8 Å². The van der Waals surface area contributed by atoms with E-state index in [4.69, 9.17) is 9.84 Å². The molecule has 3 nitrogen and oxygen atoms in total. The standard InChI is InChI=1S/C10H14O3/c1-2-5-13-10-6-8(7-11)3-4-9(10)12/h3-4,6,11-12H,2,5,7H2,1H3. The predicted molar refractivity (Wildman–Crippen MR) is 49.8 cm³/mol. The van der Waals surface area contributed by atoms with E-state index in [1.165, 1.54) is 6.07 Å². The normalized spacial score (nSPS) is 10.0. The van der Waals surface area contributed by atoms with Gasteiger partial charge in [-0.1, -0.05) is 13.0 Å². The maximum absolute atomic E-state index is 9.35. The van der Waals surface area contributed by atoms with Crippen molar-refractivity contribution in [2.75, 3.05) is 6.61 Å². The van der Waals surface area contributed by atoms with Crippen LogP contribution in [0, 0.1) is 0 Å². The molecular weight excluding hydrogens is 168 g/mol. The van der Waals surface area contributed by atoms with Crippen molar-refractivity contribution in [2.45, 2.75) is 20.0 Å². The van der Waals surface area contributed by atoms with Gasteiger partial charge in [0, 0.05) is 0 Å². The minimum atomic E-state index is -0.0389. The minimum absolute atomic E-state index is 0.0389. The van der Waals surface area contributed by atoms with Gasteiger partial charge in [0.1, 0.15) is 0 Å². The number of rotatable bonds is 4. The van der Waals surface area contributed by atoms with E-state index in [2.05, 4.69) is 0 Å². The number of phenolic OH excluding ortho intramolecular Hbond substituents is 1. The Labute approximate surface area is 77.6 Å².